The molecule has 1 fully saturated rings. The lowest BCUT2D eigenvalue weighted by atomic mass is 10.2. The summed E-state index contributed by atoms with van der Waals surface area (Å²) in [5.41, 5.74) is -0.856. The van der Waals surface area contributed by atoms with Crippen molar-refractivity contribution in [2.24, 2.45) is 0 Å². The number of likely N-dealkylation sites (tertiary alicyclic amines) is 1. The number of hydrogen-bond acceptors (Lipinski definition) is 4. The molecule has 0 radical (unpaired) electrons. The summed E-state index contributed by atoms with van der Waals surface area (Å²) in [6.07, 6.45) is 1.61. The highest BCUT2D eigenvalue weighted by atomic mass is 16.3. The molecule has 1 aromatic rings. The maximum Gasteiger partial charge on any atom is 0.265 e. The van der Waals surface area contributed by atoms with Crippen molar-refractivity contribution in [2.75, 3.05) is 13.2 Å². The third-order valence-electron chi connectivity index (χ3n) is 3.09. The van der Waals surface area contributed by atoms with Gasteiger partial charge in [0.2, 0.25) is 5.91 Å². The second-order valence-corrected chi connectivity index (χ2v) is 4.30. The van der Waals surface area contributed by atoms with Gasteiger partial charge in [-0.25, -0.2) is 4.68 Å². The first-order valence-electron chi connectivity index (χ1n) is 5.82. The number of carbonyl (C=O) groups excluding carboxylic acids is 1. The molecule has 7 heteroatoms. The Balaban J connectivity index is 2.14. The lowest BCUT2D eigenvalue weighted by Gasteiger charge is -2.23. The molecule has 2 rings (SSSR count). The van der Waals surface area contributed by atoms with Crippen LogP contribution in [-0.2, 0) is 11.3 Å². The Hall–Kier alpha value is -1.89. The molecule has 1 atom stereocenters. The van der Waals surface area contributed by atoms with E-state index in [0.717, 1.165) is 29.7 Å². The molecule has 98 valence electrons. The van der Waals surface area contributed by atoms with E-state index in [4.69, 9.17) is 5.11 Å². The summed E-state index contributed by atoms with van der Waals surface area (Å²) < 4.78 is 0.984. The Bertz CT molecular complexity index is 548. The molecule has 1 aliphatic heterocycles. The smallest absolute Gasteiger partial charge is 0.265 e. The summed E-state index contributed by atoms with van der Waals surface area (Å²) in [5, 5.41) is 11.4. The summed E-state index contributed by atoms with van der Waals surface area (Å²) in [6.45, 7) is 0.299. The lowest BCUT2D eigenvalue weighted by molar-refractivity contribution is -0.133. The zero-order chi connectivity index (χ0) is 13.1. The van der Waals surface area contributed by atoms with Crippen LogP contribution in [0.1, 0.15) is 12.8 Å². The van der Waals surface area contributed by atoms with Crippen LogP contribution in [-0.4, -0.2) is 44.9 Å². The minimum absolute atomic E-state index is 0.0774. The van der Waals surface area contributed by atoms with Gasteiger partial charge < -0.3 is 10.0 Å². The Morgan fingerprint density at radius 2 is 2.22 bits per heavy atom. The van der Waals surface area contributed by atoms with Gasteiger partial charge in [0.1, 0.15) is 6.54 Å². The highest BCUT2D eigenvalue weighted by molar-refractivity contribution is 5.76. The average Bonchev–Trinajstić information content (AvgIpc) is 2.82. The first-order chi connectivity index (χ1) is 8.61. The standard InChI is InChI=1S/C11H15N3O4/c15-7-8-2-1-5-13(8)11(18)6-14-10(17)4-3-9(16)12-14/h3-4,8,15H,1-2,5-7H2,(H,12,16). The van der Waals surface area contributed by atoms with Crippen molar-refractivity contribution in [1.82, 2.24) is 14.7 Å². The predicted octanol–water partition coefficient (Wildman–Crippen LogP) is -1.48. The van der Waals surface area contributed by atoms with Crippen LogP contribution in [0.3, 0.4) is 0 Å². The lowest BCUT2D eigenvalue weighted by Crippen LogP contribution is -2.42. The zero-order valence-corrected chi connectivity index (χ0v) is 9.83. The van der Waals surface area contributed by atoms with Gasteiger partial charge in [-0.2, -0.15) is 0 Å². The van der Waals surface area contributed by atoms with E-state index in [2.05, 4.69) is 5.10 Å². The molecule has 18 heavy (non-hydrogen) atoms. The van der Waals surface area contributed by atoms with Gasteiger partial charge in [-0.15, -0.1) is 0 Å². The van der Waals surface area contributed by atoms with Crippen molar-refractivity contribution < 1.29 is 9.90 Å². The van der Waals surface area contributed by atoms with E-state index in [-0.39, 0.29) is 25.1 Å². The monoisotopic (exact) mass is 253 g/mol. The minimum Gasteiger partial charge on any atom is -0.394 e. The molecule has 0 bridgehead atoms. The first-order valence-corrected chi connectivity index (χ1v) is 5.82. The topological polar surface area (TPSA) is 95.4 Å². The van der Waals surface area contributed by atoms with Gasteiger partial charge >= 0.3 is 0 Å². The summed E-state index contributed by atoms with van der Waals surface area (Å²) in [6, 6.07) is 2.07. The second kappa shape index (κ2) is 5.18. The highest BCUT2D eigenvalue weighted by Crippen LogP contribution is 2.16. The van der Waals surface area contributed by atoms with Gasteiger partial charge in [0, 0.05) is 18.7 Å². The van der Waals surface area contributed by atoms with E-state index >= 15 is 0 Å². The van der Waals surface area contributed by atoms with Gasteiger partial charge in [0.15, 0.2) is 0 Å². The van der Waals surface area contributed by atoms with Crippen LogP contribution in [0.4, 0.5) is 0 Å². The quantitative estimate of drug-likeness (QED) is 0.686. The molecule has 1 unspecified atom stereocenters. The number of aliphatic hydroxyl groups excluding tert-OH is 1. The van der Waals surface area contributed by atoms with E-state index in [1.807, 2.05) is 0 Å². The van der Waals surface area contributed by atoms with Gasteiger partial charge in [-0.05, 0) is 12.8 Å². The van der Waals surface area contributed by atoms with Crippen LogP contribution in [0.25, 0.3) is 0 Å². The maximum atomic E-state index is 12.0. The van der Waals surface area contributed by atoms with Crippen molar-refractivity contribution in [3.05, 3.63) is 32.8 Å². The van der Waals surface area contributed by atoms with Crippen molar-refractivity contribution in [3.63, 3.8) is 0 Å². The van der Waals surface area contributed by atoms with Crippen LogP contribution in [0, 0.1) is 0 Å². The van der Waals surface area contributed by atoms with Crippen LogP contribution in [0.15, 0.2) is 21.7 Å². The molecule has 2 N–H and O–H groups in total. The fourth-order valence-electron chi connectivity index (χ4n) is 2.16. The zero-order valence-electron chi connectivity index (χ0n) is 9.83. The normalized spacial score (nSPS) is 19.2. The van der Waals surface area contributed by atoms with Gasteiger partial charge in [0.05, 0.1) is 12.6 Å². The second-order valence-electron chi connectivity index (χ2n) is 4.30. The number of aliphatic hydroxyl groups is 1. The number of H-pyrrole nitrogens is 1. The van der Waals surface area contributed by atoms with Crippen LogP contribution in [0.2, 0.25) is 0 Å². The number of amides is 1. The SMILES string of the molecule is O=C(Cn1[nH]c(=O)ccc1=O)N1CCCC1CO. The van der Waals surface area contributed by atoms with Crippen molar-refractivity contribution in [1.29, 1.82) is 0 Å². The molecule has 1 amide bonds. The van der Waals surface area contributed by atoms with Crippen molar-refractivity contribution in [2.45, 2.75) is 25.4 Å². The molecular weight excluding hydrogens is 238 g/mol. The first kappa shape index (κ1) is 12.6. The Morgan fingerprint density at radius 1 is 1.44 bits per heavy atom. The molecule has 1 aliphatic rings. The molecule has 0 aromatic carbocycles. The number of rotatable bonds is 3. The largest absolute Gasteiger partial charge is 0.394 e. The number of hydrogen-bond donors (Lipinski definition) is 2. The van der Waals surface area contributed by atoms with E-state index in [9.17, 15) is 14.4 Å². The third-order valence-corrected chi connectivity index (χ3v) is 3.09. The Kier molecular flexibility index (Phi) is 3.61. The van der Waals surface area contributed by atoms with Crippen LogP contribution in [0.5, 0.6) is 0 Å². The molecule has 0 spiro atoms. The number of aromatic nitrogens is 2. The van der Waals surface area contributed by atoms with Gasteiger partial charge in [-0.3, -0.25) is 19.5 Å². The summed E-state index contributed by atoms with van der Waals surface area (Å²) in [7, 11) is 0. The van der Waals surface area contributed by atoms with Crippen LogP contribution < -0.4 is 11.1 Å². The highest BCUT2D eigenvalue weighted by Gasteiger charge is 2.28. The van der Waals surface area contributed by atoms with Crippen molar-refractivity contribution in [3.8, 4) is 0 Å². The molecule has 1 saturated heterocycles. The molecule has 0 saturated carbocycles. The van der Waals surface area contributed by atoms with E-state index in [1.54, 1.807) is 4.90 Å². The van der Waals surface area contributed by atoms with E-state index in [1.165, 1.54) is 0 Å². The number of nitrogens with zero attached hydrogens (tertiary/aromatic N) is 2. The average molecular weight is 253 g/mol. The number of aromatic amines is 1. The molecular formula is C11H15N3O4. The molecule has 0 aliphatic carbocycles. The van der Waals surface area contributed by atoms with Crippen molar-refractivity contribution >= 4 is 5.91 Å². The third kappa shape index (κ3) is 2.51. The minimum atomic E-state index is -0.428. The Morgan fingerprint density at radius 3 is 2.94 bits per heavy atom. The fourth-order valence-corrected chi connectivity index (χ4v) is 2.16. The Labute approximate surface area is 103 Å². The molecule has 2 heterocycles. The van der Waals surface area contributed by atoms with Gasteiger partial charge in [0.25, 0.3) is 11.1 Å². The molecule has 7 nitrogen and oxygen atoms in total. The predicted molar refractivity (Wildman–Crippen MR) is 63.1 cm³/mol. The summed E-state index contributed by atoms with van der Waals surface area (Å²) >= 11 is 0. The summed E-state index contributed by atoms with van der Waals surface area (Å²) in [4.78, 5) is 36.1. The molecule has 1 aromatic heterocycles. The van der Waals surface area contributed by atoms with Gasteiger partial charge in [-0.1, -0.05) is 0 Å². The fraction of sp³-hybridized carbons (Fsp3) is 0.545. The van der Waals surface area contributed by atoms with E-state index in [0.29, 0.717) is 6.54 Å². The van der Waals surface area contributed by atoms with E-state index < -0.39 is 11.1 Å². The number of nitrogens with one attached hydrogen (secondary N) is 1. The van der Waals surface area contributed by atoms with Crippen LogP contribution >= 0.6 is 0 Å². The number of carbonyl (C=O) groups is 1. The maximum absolute atomic E-state index is 12.0. The summed E-state index contributed by atoms with van der Waals surface area (Å²) in [5.74, 6) is -0.268.